The van der Waals surface area contributed by atoms with Crippen molar-refractivity contribution in [2.24, 2.45) is 0 Å². The van der Waals surface area contributed by atoms with E-state index in [0.717, 1.165) is 41.8 Å². The van der Waals surface area contributed by atoms with Crippen LogP contribution in [0.2, 0.25) is 5.02 Å². The van der Waals surface area contributed by atoms with Crippen LogP contribution in [0.3, 0.4) is 0 Å². The summed E-state index contributed by atoms with van der Waals surface area (Å²) in [6, 6.07) is 3.09. The third-order valence-electron chi connectivity index (χ3n) is 4.56. The molecule has 0 radical (unpaired) electrons. The minimum atomic E-state index is -4.64. The molecule has 146 valence electrons. The molecule has 0 bridgehead atoms. The van der Waals surface area contributed by atoms with Gasteiger partial charge in [0.15, 0.2) is 0 Å². The van der Waals surface area contributed by atoms with Crippen LogP contribution < -0.4 is 10.9 Å². The Balaban J connectivity index is 1.58. The summed E-state index contributed by atoms with van der Waals surface area (Å²) in [6.07, 6.45) is -0.617. The monoisotopic (exact) mass is 427 g/mol. The summed E-state index contributed by atoms with van der Waals surface area (Å²) >= 11 is 7.07. The maximum Gasteiger partial charge on any atom is 0.417 e. The first-order valence-electron chi connectivity index (χ1n) is 8.40. The van der Waals surface area contributed by atoms with Crippen molar-refractivity contribution in [3.8, 4) is 0 Å². The number of carbonyl (C=O) groups is 1. The summed E-state index contributed by atoms with van der Waals surface area (Å²) in [5.74, 6) is -0.634. The van der Waals surface area contributed by atoms with Crippen molar-refractivity contribution in [3.63, 3.8) is 0 Å². The number of halogens is 4. The molecule has 1 N–H and O–H groups in total. The summed E-state index contributed by atoms with van der Waals surface area (Å²) in [5, 5.41) is 2.45. The van der Waals surface area contributed by atoms with Gasteiger partial charge in [-0.2, -0.15) is 13.2 Å². The summed E-state index contributed by atoms with van der Waals surface area (Å²) in [5.41, 5.74) is -0.410. The smallest absolute Gasteiger partial charge is 0.325 e. The van der Waals surface area contributed by atoms with Crippen molar-refractivity contribution in [3.05, 3.63) is 55.9 Å². The SMILES string of the molecule is O=C(Cn1cnc2sc3c(c2c1=O)CCC3)Nc1ccc(Cl)c(C(F)(F)F)c1. The second-order valence-electron chi connectivity index (χ2n) is 6.46. The van der Waals surface area contributed by atoms with Gasteiger partial charge >= 0.3 is 6.18 Å². The van der Waals surface area contributed by atoms with E-state index in [-0.39, 0.29) is 17.8 Å². The van der Waals surface area contributed by atoms with E-state index in [1.54, 1.807) is 0 Å². The first kappa shape index (κ1) is 18.9. The highest BCUT2D eigenvalue weighted by atomic mass is 35.5. The average molecular weight is 428 g/mol. The minimum absolute atomic E-state index is 0.0553. The quantitative estimate of drug-likeness (QED) is 0.679. The molecule has 3 aromatic rings. The normalized spacial score (nSPS) is 13.7. The van der Waals surface area contributed by atoms with E-state index in [1.165, 1.54) is 28.3 Å². The molecule has 1 aliphatic rings. The Morgan fingerprint density at radius 2 is 2.11 bits per heavy atom. The van der Waals surface area contributed by atoms with E-state index >= 15 is 0 Å². The third-order valence-corrected chi connectivity index (χ3v) is 6.09. The second kappa shape index (κ2) is 6.89. The standard InChI is InChI=1S/C18H13ClF3N3O2S/c19-12-5-4-9(6-11(12)18(20,21)22)24-14(26)7-25-8-23-16-15(17(25)27)10-2-1-3-13(10)28-16/h4-6,8H,1-3,7H2,(H,24,26). The predicted octanol–water partition coefficient (Wildman–Crippen LogP) is 4.26. The van der Waals surface area contributed by atoms with Crippen molar-refractivity contribution >= 4 is 44.7 Å². The van der Waals surface area contributed by atoms with Crippen molar-refractivity contribution in [1.82, 2.24) is 9.55 Å². The fourth-order valence-corrected chi connectivity index (χ4v) is 4.75. The number of alkyl halides is 3. The average Bonchev–Trinajstić information content (AvgIpc) is 3.19. The molecule has 0 saturated heterocycles. The second-order valence-corrected chi connectivity index (χ2v) is 7.95. The zero-order valence-electron chi connectivity index (χ0n) is 14.3. The van der Waals surface area contributed by atoms with Crippen LogP contribution in [0.15, 0.2) is 29.3 Å². The number of anilines is 1. The van der Waals surface area contributed by atoms with Crippen LogP contribution in [0.25, 0.3) is 10.2 Å². The molecule has 2 aromatic heterocycles. The number of aryl methyl sites for hydroxylation is 2. The molecule has 0 spiro atoms. The van der Waals surface area contributed by atoms with E-state index < -0.39 is 22.7 Å². The van der Waals surface area contributed by atoms with Gasteiger partial charge in [-0.3, -0.25) is 14.2 Å². The van der Waals surface area contributed by atoms with Crippen LogP contribution in [-0.2, 0) is 30.4 Å². The van der Waals surface area contributed by atoms with Gasteiger partial charge in [-0.05, 0) is 43.0 Å². The summed E-state index contributed by atoms with van der Waals surface area (Å²) in [4.78, 5) is 31.1. The van der Waals surface area contributed by atoms with Gasteiger partial charge in [-0.15, -0.1) is 11.3 Å². The Morgan fingerprint density at radius 1 is 1.32 bits per heavy atom. The van der Waals surface area contributed by atoms with Crippen molar-refractivity contribution < 1.29 is 18.0 Å². The number of amides is 1. The number of carbonyl (C=O) groups excluding carboxylic acids is 1. The molecular weight excluding hydrogens is 415 g/mol. The van der Waals surface area contributed by atoms with E-state index in [9.17, 15) is 22.8 Å². The Hall–Kier alpha value is -2.39. The van der Waals surface area contributed by atoms with E-state index in [1.807, 2.05) is 0 Å². The first-order valence-corrected chi connectivity index (χ1v) is 9.60. The van der Waals surface area contributed by atoms with E-state index in [4.69, 9.17) is 11.6 Å². The Morgan fingerprint density at radius 3 is 2.86 bits per heavy atom. The number of hydrogen-bond acceptors (Lipinski definition) is 4. The maximum atomic E-state index is 12.9. The molecule has 1 aromatic carbocycles. The highest BCUT2D eigenvalue weighted by molar-refractivity contribution is 7.18. The van der Waals surface area contributed by atoms with Crippen LogP contribution >= 0.6 is 22.9 Å². The van der Waals surface area contributed by atoms with E-state index in [0.29, 0.717) is 10.2 Å². The highest BCUT2D eigenvalue weighted by Crippen LogP contribution is 2.36. The van der Waals surface area contributed by atoms with Crippen LogP contribution in [0.4, 0.5) is 18.9 Å². The topological polar surface area (TPSA) is 64.0 Å². The van der Waals surface area contributed by atoms with Gasteiger partial charge in [0.25, 0.3) is 5.56 Å². The van der Waals surface area contributed by atoms with Gasteiger partial charge in [-0.25, -0.2) is 4.98 Å². The Labute approximate surface area is 165 Å². The molecule has 1 amide bonds. The zero-order valence-corrected chi connectivity index (χ0v) is 15.8. The molecule has 0 atom stereocenters. The third kappa shape index (κ3) is 3.40. The lowest BCUT2D eigenvalue weighted by Crippen LogP contribution is -2.28. The summed E-state index contributed by atoms with van der Waals surface area (Å²) in [7, 11) is 0. The first-order chi connectivity index (χ1) is 13.2. The lowest BCUT2D eigenvalue weighted by atomic mass is 10.2. The van der Waals surface area contributed by atoms with Gasteiger partial charge in [0.1, 0.15) is 11.4 Å². The number of nitrogens with one attached hydrogen (secondary N) is 1. The van der Waals surface area contributed by atoms with Gasteiger partial charge < -0.3 is 5.32 Å². The van der Waals surface area contributed by atoms with Crippen LogP contribution in [0, 0.1) is 0 Å². The number of rotatable bonds is 3. The fourth-order valence-electron chi connectivity index (χ4n) is 3.31. The highest BCUT2D eigenvalue weighted by Gasteiger charge is 2.33. The zero-order chi connectivity index (χ0) is 20.1. The van der Waals surface area contributed by atoms with Crippen molar-refractivity contribution in [1.29, 1.82) is 0 Å². The van der Waals surface area contributed by atoms with Gasteiger partial charge in [-0.1, -0.05) is 11.6 Å². The molecule has 0 fully saturated rings. The van der Waals surface area contributed by atoms with Crippen LogP contribution in [0.5, 0.6) is 0 Å². The molecule has 0 aliphatic heterocycles. The predicted molar refractivity (Wildman–Crippen MR) is 101 cm³/mol. The lowest BCUT2D eigenvalue weighted by Gasteiger charge is -2.12. The molecule has 1 aliphatic carbocycles. The molecule has 4 rings (SSSR count). The number of thiophene rings is 1. The molecule has 0 saturated carbocycles. The fraction of sp³-hybridized carbons (Fsp3) is 0.278. The summed E-state index contributed by atoms with van der Waals surface area (Å²) < 4.78 is 40.0. The van der Waals surface area contributed by atoms with Crippen LogP contribution in [0.1, 0.15) is 22.4 Å². The van der Waals surface area contributed by atoms with Crippen molar-refractivity contribution in [2.45, 2.75) is 32.0 Å². The van der Waals surface area contributed by atoms with Gasteiger partial charge in [0.2, 0.25) is 5.91 Å². The van der Waals surface area contributed by atoms with Gasteiger partial charge in [0, 0.05) is 10.6 Å². The number of nitrogens with zero attached hydrogens (tertiary/aromatic N) is 2. The number of fused-ring (bicyclic) bond motifs is 3. The molecule has 28 heavy (non-hydrogen) atoms. The Kier molecular flexibility index (Phi) is 4.67. The van der Waals surface area contributed by atoms with Gasteiger partial charge in [0.05, 0.1) is 22.3 Å². The van der Waals surface area contributed by atoms with E-state index in [2.05, 4.69) is 10.3 Å². The molecule has 2 heterocycles. The molecular formula is C18H13ClF3N3O2S. The number of hydrogen-bond donors (Lipinski definition) is 1. The Bertz CT molecular complexity index is 1150. The largest absolute Gasteiger partial charge is 0.417 e. The minimum Gasteiger partial charge on any atom is -0.325 e. The summed E-state index contributed by atoms with van der Waals surface area (Å²) in [6.45, 7) is -0.351. The maximum absolute atomic E-state index is 12.9. The molecule has 10 heteroatoms. The number of aromatic nitrogens is 2. The molecule has 0 unspecified atom stereocenters. The lowest BCUT2D eigenvalue weighted by molar-refractivity contribution is -0.137. The number of benzene rings is 1. The molecule has 5 nitrogen and oxygen atoms in total. The van der Waals surface area contributed by atoms with Crippen LogP contribution in [-0.4, -0.2) is 15.5 Å². The van der Waals surface area contributed by atoms with Crippen molar-refractivity contribution in [2.75, 3.05) is 5.32 Å².